The summed E-state index contributed by atoms with van der Waals surface area (Å²) in [5.41, 5.74) is 2.86. The lowest BCUT2D eigenvalue weighted by Gasteiger charge is -2.19. The molecule has 2 aromatic carbocycles. The van der Waals surface area contributed by atoms with E-state index in [2.05, 4.69) is 31.9 Å². The summed E-state index contributed by atoms with van der Waals surface area (Å²) in [4.78, 5) is 39.4. The van der Waals surface area contributed by atoms with Gasteiger partial charge in [0.05, 0.1) is 0 Å². The molecule has 29 heavy (non-hydrogen) atoms. The Bertz CT molecular complexity index is 949. The highest BCUT2D eigenvalue weighted by molar-refractivity contribution is 9.10. The van der Waals surface area contributed by atoms with Crippen LogP contribution in [0.1, 0.15) is 5.56 Å². The highest BCUT2D eigenvalue weighted by Crippen LogP contribution is 2.22. The van der Waals surface area contributed by atoms with Crippen LogP contribution in [0.3, 0.4) is 0 Å². The zero-order valence-electron chi connectivity index (χ0n) is 16.2. The van der Waals surface area contributed by atoms with Crippen LogP contribution in [0.5, 0.6) is 0 Å². The van der Waals surface area contributed by atoms with Crippen LogP contribution in [0.25, 0.3) is 0 Å². The number of carbonyl (C=O) groups excluding carboxylic acids is 3. The first-order valence-electron chi connectivity index (χ1n) is 9.07. The van der Waals surface area contributed by atoms with Gasteiger partial charge in [0.25, 0.3) is 0 Å². The first kappa shape index (κ1) is 20.7. The lowest BCUT2D eigenvalue weighted by Crippen LogP contribution is -2.37. The number of hydrogen-bond acceptors (Lipinski definition) is 3. The van der Waals surface area contributed by atoms with Crippen molar-refractivity contribution in [1.29, 1.82) is 0 Å². The molecule has 2 aromatic rings. The van der Waals surface area contributed by atoms with Crippen molar-refractivity contribution in [2.45, 2.75) is 6.92 Å². The maximum atomic E-state index is 12.4. The van der Waals surface area contributed by atoms with E-state index < -0.39 is 6.03 Å². The minimum atomic E-state index is -0.421. The molecule has 0 aliphatic carbocycles. The summed E-state index contributed by atoms with van der Waals surface area (Å²) in [7, 11) is 1.54. The topological polar surface area (TPSA) is 93.8 Å². The van der Waals surface area contributed by atoms with Gasteiger partial charge in [-0.05, 0) is 48.9 Å². The summed E-state index contributed by atoms with van der Waals surface area (Å²) in [6.45, 7) is 2.96. The SMILES string of the molecule is Cc1cc(Br)ccc1NC(=O)CN(C)C(=O)Nc1cccc(N2CCNC2=O)c1. The Morgan fingerprint density at radius 2 is 2.00 bits per heavy atom. The first-order chi connectivity index (χ1) is 13.8. The number of rotatable bonds is 5. The van der Waals surface area contributed by atoms with Gasteiger partial charge in [0.2, 0.25) is 5.91 Å². The van der Waals surface area contributed by atoms with E-state index in [0.29, 0.717) is 30.2 Å². The Hall–Kier alpha value is -3.07. The zero-order valence-corrected chi connectivity index (χ0v) is 17.7. The number of halogens is 1. The van der Waals surface area contributed by atoms with E-state index in [1.807, 2.05) is 19.1 Å². The number of nitrogens with one attached hydrogen (secondary N) is 3. The lowest BCUT2D eigenvalue weighted by atomic mass is 10.2. The maximum absolute atomic E-state index is 12.4. The number of aryl methyl sites for hydroxylation is 1. The Balaban J connectivity index is 1.57. The van der Waals surface area contributed by atoms with Gasteiger partial charge in [-0.25, -0.2) is 9.59 Å². The Labute approximate surface area is 177 Å². The minimum absolute atomic E-state index is 0.102. The fraction of sp³-hybridized carbons (Fsp3) is 0.250. The van der Waals surface area contributed by atoms with Crippen molar-refractivity contribution in [3.8, 4) is 0 Å². The predicted molar refractivity (Wildman–Crippen MR) is 116 cm³/mol. The number of amides is 5. The molecule has 0 aromatic heterocycles. The smallest absolute Gasteiger partial charge is 0.322 e. The molecule has 3 N–H and O–H groups in total. The van der Waals surface area contributed by atoms with Gasteiger partial charge in [0, 0.05) is 41.7 Å². The van der Waals surface area contributed by atoms with Crippen molar-refractivity contribution in [2.75, 3.05) is 42.2 Å². The molecule has 0 unspecified atom stereocenters. The lowest BCUT2D eigenvalue weighted by molar-refractivity contribution is -0.116. The molecule has 0 atom stereocenters. The third-order valence-corrected chi connectivity index (χ3v) is 4.95. The standard InChI is InChI=1S/C20H22BrN5O3/c1-13-10-14(21)6-7-17(13)24-18(27)12-25(2)20(29)23-15-4-3-5-16(11-15)26-9-8-22-19(26)28/h3-7,10-11H,8-9,12H2,1-2H3,(H,22,28)(H,23,29)(H,24,27). The van der Waals surface area contributed by atoms with Gasteiger partial charge in [-0.3, -0.25) is 9.69 Å². The van der Waals surface area contributed by atoms with E-state index in [1.54, 1.807) is 42.3 Å². The molecule has 0 saturated carbocycles. The average molecular weight is 460 g/mol. The highest BCUT2D eigenvalue weighted by atomic mass is 79.9. The molecule has 1 heterocycles. The second kappa shape index (κ2) is 8.95. The van der Waals surface area contributed by atoms with Crippen LogP contribution in [0.4, 0.5) is 26.7 Å². The molecular weight excluding hydrogens is 438 g/mol. The Morgan fingerprint density at radius 1 is 1.21 bits per heavy atom. The highest BCUT2D eigenvalue weighted by Gasteiger charge is 2.21. The molecule has 152 valence electrons. The number of benzene rings is 2. The van der Waals surface area contributed by atoms with E-state index in [-0.39, 0.29) is 18.5 Å². The van der Waals surface area contributed by atoms with Gasteiger partial charge in [-0.15, -0.1) is 0 Å². The predicted octanol–water partition coefficient (Wildman–Crippen LogP) is 3.39. The molecule has 1 saturated heterocycles. The molecule has 5 amide bonds. The average Bonchev–Trinajstić information content (AvgIpc) is 3.10. The van der Waals surface area contributed by atoms with Crippen LogP contribution in [-0.4, -0.2) is 49.6 Å². The van der Waals surface area contributed by atoms with Crippen molar-refractivity contribution in [3.05, 3.63) is 52.5 Å². The van der Waals surface area contributed by atoms with Gasteiger partial charge in [0.1, 0.15) is 6.54 Å². The number of anilines is 3. The quantitative estimate of drug-likeness (QED) is 0.639. The fourth-order valence-corrected chi connectivity index (χ4v) is 3.41. The van der Waals surface area contributed by atoms with Crippen LogP contribution < -0.4 is 20.9 Å². The number of likely N-dealkylation sites (N-methyl/N-ethyl adjacent to an activating group) is 1. The maximum Gasteiger partial charge on any atom is 0.322 e. The summed E-state index contributed by atoms with van der Waals surface area (Å²) in [5, 5.41) is 8.30. The molecule has 1 aliphatic rings. The fourth-order valence-electron chi connectivity index (χ4n) is 2.93. The molecule has 8 nitrogen and oxygen atoms in total. The minimum Gasteiger partial charge on any atom is -0.336 e. The summed E-state index contributed by atoms with van der Waals surface area (Å²) >= 11 is 3.38. The second-order valence-electron chi connectivity index (χ2n) is 6.73. The van der Waals surface area contributed by atoms with Gasteiger partial charge in [-0.2, -0.15) is 0 Å². The summed E-state index contributed by atoms with van der Waals surface area (Å²) in [6.07, 6.45) is 0. The third-order valence-electron chi connectivity index (χ3n) is 4.46. The number of urea groups is 2. The van der Waals surface area contributed by atoms with E-state index in [4.69, 9.17) is 0 Å². The van der Waals surface area contributed by atoms with Crippen molar-refractivity contribution in [3.63, 3.8) is 0 Å². The third kappa shape index (κ3) is 5.26. The summed E-state index contributed by atoms with van der Waals surface area (Å²) in [5.74, 6) is -0.296. The van der Waals surface area contributed by atoms with Crippen LogP contribution in [-0.2, 0) is 4.79 Å². The van der Waals surface area contributed by atoms with E-state index in [9.17, 15) is 14.4 Å². The molecule has 0 radical (unpaired) electrons. The van der Waals surface area contributed by atoms with Crippen molar-refractivity contribution < 1.29 is 14.4 Å². The van der Waals surface area contributed by atoms with Crippen LogP contribution in [0, 0.1) is 6.92 Å². The second-order valence-corrected chi connectivity index (χ2v) is 7.64. The molecule has 3 rings (SSSR count). The van der Waals surface area contributed by atoms with Crippen LogP contribution in [0.15, 0.2) is 46.9 Å². The van der Waals surface area contributed by atoms with Crippen molar-refractivity contribution in [1.82, 2.24) is 10.2 Å². The van der Waals surface area contributed by atoms with Gasteiger partial charge in [0.15, 0.2) is 0 Å². The molecule has 9 heteroatoms. The molecule has 0 bridgehead atoms. The zero-order chi connectivity index (χ0) is 21.0. The molecular formula is C20H22BrN5O3. The van der Waals surface area contributed by atoms with E-state index >= 15 is 0 Å². The monoisotopic (exact) mass is 459 g/mol. The molecule has 0 spiro atoms. The summed E-state index contributed by atoms with van der Waals surface area (Å²) in [6, 6.07) is 12.0. The molecule has 1 fully saturated rings. The molecule has 1 aliphatic heterocycles. The van der Waals surface area contributed by atoms with Gasteiger partial charge < -0.3 is 20.9 Å². The number of carbonyl (C=O) groups is 3. The van der Waals surface area contributed by atoms with Gasteiger partial charge >= 0.3 is 12.1 Å². The Kier molecular flexibility index (Phi) is 6.38. The van der Waals surface area contributed by atoms with Crippen LogP contribution in [0.2, 0.25) is 0 Å². The van der Waals surface area contributed by atoms with E-state index in [1.165, 1.54) is 4.90 Å². The van der Waals surface area contributed by atoms with E-state index in [0.717, 1.165) is 10.0 Å². The van der Waals surface area contributed by atoms with Crippen molar-refractivity contribution >= 4 is 51.0 Å². The van der Waals surface area contributed by atoms with Crippen molar-refractivity contribution in [2.24, 2.45) is 0 Å². The number of hydrogen-bond donors (Lipinski definition) is 3. The van der Waals surface area contributed by atoms with Crippen LogP contribution >= 0.6 is 15.9 Å². The first-order valence-corrected chi connectivity index (χ1v) is 9.86. The number of nitrogens with zero attached hydrogens (tertiary/aromatic N) is 2. The summed E-state index contributed by atoms with van der Waals surface area (Å²) < 4.78 is 0.929. The largest absolute Gasteiger partial charge is 0.336 e. The Morgan fingerprint density at radius 3 is 2.69 bits per heavy atom. The van der Waals surface area contributed by atoms with Gasteiger partial charge in [-0.1, -0.05) is 22.0 Å². The normalized spacial score (nSPS) is 13.1.